The minimum atomic E-state index is -3.71. The van der Waals surface area contributed by atoms with E-state index in [1.54, 1.807) is 54.3 Å². The molecule has 4 N–H and O–H groups in total. The van der Waals surface area contributed by atoms with Gasteiger partial charge in [0.2, 0.25) is 15.9 Å². The molecule has 2 heterocycles. The average molecular weight is 675 g/mol. The molecule has 2 amide bonds. The van der Waals surface area contributed by atoms with E-state index < -0.39 is 21.6 Å². The fourth-order valence-electron chi connectivity index (χ4n) is 5.81. The molecular formula is C35H42N6O6S. The number of nitrogens with two attached hydrogens (primary N) is 1. The van der Waals surface area contributed by atoms with Crippen molar-refractivity contribution in [2.45, 2.75) is 33.2 Å². The molecule has 0 aliphatic carbocycles. The molecule has 1 fully saturated rings. The van der Waals surface area contributed by atoms with Gasteiger partial charge < -0.3 is 20.7 Å². The minimum Gasteiger partial charge on any atom is -0.493 e. The third-order valence-corrected chi connectivity index (χ3v) is 9.48. The molecule has 13 heteroatoms. The molecule has 0 saturated carbocycles. The monoisotopic (exact) mass is 674 g/mol. The molecule has 254 valence electrons. The van der Waals surface area contributed by atoms with Gasteiger partial charge >= 0.3 is 5.69 Å². The van der Waals surface area contributed by atoms with E-state index in [4.69, 9.17) is 10.5 Å². The van der Waals surface area contributed by atoms with E-state index >= 15 is 0 Å². The van der Waals surface area contributed by atoms with E-state index in [-0.39, 0.29) is 48.5 Å². The number of imidazole rings is 1. The Morgan fingerprint density at radius 2 is 1.71 bits per heavy atom. The second-order valence-corrected chi connectivity index (χ2v) is 13.8. The third kappa shape index (κ3) is 8.15. The lowest BCUT2D eigenvalue weighted by Gasteiger charge is -2.28. The lowest BCUT2D eigenvalue weighted by atomic mass is 10.1. The maximum atomic E-state index is 14.7. The zero-order chi connectivity index (χ0) is 34.3. The van der Waals surface area contributed by atoms with Gasteiger partial charge in [-0.05, 0) is 42.2 Å². The van der Waals surface area contributed by atoms with Crippen LogP contribution in [0.15, 0.2) is 83.7 Å². The van der Waals surface area contributed by atoms with Crippen LogP contribution in [0.2, 0.25) is 0 Å². The molecular weight excluding hydrogens is 632 g/mol. The number of nitrogens with zero attached hydrogens (tertiary/aromatic N) is 3. The second-order valence-electron chi connectivity index (χ2n) is 12.0. The summed E-state index contributed by atoms with van der Waals surface area (Å²) in [6.45, 7) is 6.13. The molecule has 4 aromatic rings. The number of sulfonamides is 1. The SMILES string of the molecule is CCCS(=O)(=O)Nc1ccccc1-n1c(-c2ccccc2)c(C(=O)N2CCNCC2)n(Cc2cccc(OCC(C)CC(N)=O)c2)c1=O. The lowest BCUT2D eigenvalue weighted by Crippen LogP contribution is -2.47. The average Bonchev–Trinajstić information content (AvgIpc) is 3.35. The van der Waals surface area contributed by atoms with Gasteiger partial charge in [-0.3, -0.25) is 23.4 Å². The Bertz CT molecular complexity index is 1920. The third-order valence-electron chi connectivity index (χ3n) is 8.00. The van der Waals surface area contributed by atoms with Crippen LogP contribution in [0.25, 0.3) is 16.9 Å². The molecule has 1 aliphatic heterocycles. The first kappa shape index (κ1) is 34.5. The highest BCUT2D eigenvalue weighted by Crippen LogP contribution is 2.31. The standard InChI is InChI=1S/C35H42N6O6S/c1-3-20-48(45,46)38-29-14-7-8-15-30(29)41-32(27-11-5-4-6-12-27)33(34(43)39-18-16-37-17-19-39)40(35(41)44)23-26-10-9-13-28(22-26)47-24-25(2)21-31(36)42/h4-15,22,25,37-38H,3,16-21,23-24H2,1-2H3,(H2,36,42). The lowest BCUT2D eigenvalue weighted by molar-refractivity contribution is -0.119. The number of benzene rings is 3. The van der Waals surface area contributed by atoms with Crippen LogP contribution in [0, 0.1) is 5.92 Å². The molecule has 0 bridgehead atoms. The van der Waals surface area contributed by atoms with Gasteiger partial charge in [0.05, 0.1) is 36.0 Å². The number of rotatable bonds is 14. The van der Waals surface area contributed by atoms with Gasteiger partial charge in [0.25, 0.3) is 5.91 Å². The summed E-state index contributed by atoms with van der Waals surface area (Å²) in [6.07, 6.45) is 0.609. The number of hydrogen-bond acceptors (Lipinski definition) is 7. The molecule has 0 spiro atoms. The van der Waals surface area contributed by atoms with Crippen LogP contribution in [0.4, 0.5) is 5.69 Å². The number of aromatic nitrogens is 2. The maximum absolute atomic E-state index is 14.7. The zero-order valence-electron chi connectivity index (χ0n) is 27.2. The fraction of sp³-hybridized carbons (Fsp3) is 0.343. The number of primary amides is 1. The molecule has 12 nitrogen and oxygen atoms in total. The quantitative estimate of drug-likeness (QED) is 0.185. The highest BCUT2D eigenvalue weighted by Gasteiger charge is 2.32. The first-order valence-corrected chi connectivity index (χ1v) is 17.7. The van der Waals surface area contributed by atoms with Gasteiger partial charge in [0, 0.05) is 38.2 Å². The summed E-state index contributed by atoms with van der Waals surface area (Å²) in [5, 5.41) is 3.27. The van der Waals surface area contributed by atoms with Crippen LogP contribution >= 0.6 is 0 Å². The number of para-hydroxylation sites is 2. The van der Waals surface area contributed by atoms with Gasteiger partial charge in [0.1, 0.15) is 11.4 Å². The van der Waals surface area contributed by atoms with Gasteiger partial charge in [0.15, 0.2) is 0 Å². The minimum absolute atomic E-state index is 0.0383. The van der Waals surface area contributed by atoms with Crippen molar-refractivity contribution in [3.63, 3.8) is 0 Å². The van der Waals surface area contributed by atoms with Crippen molar-refractivity contribution in [1.29, 1.82) is 0 Å². The van der Waals surface area contributed by atoms with Crippen LogP contribution in [-0.2, 0) is 21.4 Å². The molecule has 1 saturated heterocycles. The molecule has 1 aliphatic rings. The highest BCUT2D eigenvalue weighted by atomic mass is 32.2. The molecule has 5 rings (SSSR count). The molecule has 3 aromatic carbocycles. The summed E-state index contributed by atoms with van der Waals surface area (Å²) >= 11 is 0. The number of amides is 2. The topological polar surface area (TPSA) is 158 Å². The fourth-order valence-corrected chi connectivity index (χ4v) is 6.96. The number of carbonyl (C=O) groups is 2. The second kappa shape index (κ2) is 15.3. The summed E-state index contributed by atoms with van der Waals surface area (Å²) in [4.78, 5) is 42.3. The zero-order valence-corrected chi connectivity index (χ0v) is 28.0. The number of ether oxygens (including phenoxy) is 1. The first-order chi connectivity index (χ1) is 23.1. The van der Waals surface area contributed by atoms with E-state index in [1.807, 2.05) is 43.3 Å². The number of nitrogens with one attached hydrogen (secondary N) is 2. The summed E-state index contributed by atoms with van der Waals surface area (Å²) in [7, 11) is -3.71. The van der Waals surface area contributed by atoms with E-state index in [2.05, 4.69) is 10.0 Å². The molecule has 0 radical (unpaired) electrons. The first-order valence-electron chi connectivity index (χ1n) is 16.1. The highest BCUT2D eigenvalue weighted by molar-refractivity contribution is 7.92. The number of carbonyl (C=O) groups excluding carboxylic acids is 2. The molecule has 48 heavy (non-hydrogen) atoms. The molecule has 1 unspecified atom stereocenters. The van der Waals surface area contributed by atoms with E-state index in [0.29, 0.717) is 60.9 Å². The maximum Gasteiger partial charge on any atom is 0.334 e. The van der Waals surface area contributed by atoms with Crippen molar-refractivity contribution in [3.8, 4) is 22.7 Å². The van der Waals surface area contributed by atoms with Crippen LogP contribution in [0.3, 0.4) is 0 Å². The summed E-state index contributed by atoms with van der Waals surface area (Å²) < 4.78 is 37.4. The number of piperazine rings is 1. The summed E-state index contributed by atoms with van der Waals surface area (Å²) in [5.41, 5.74) is 7.24. The van der Waals surface area contributed by atoms with Crippen molar-refractivity contribution in [2.75, 3.05) is 43.3 Å². The molecule has 1 aromatic heterocycles. The Kier molecular flexibility index (Phi) is 11.0. The Labute approximate surface area is 280 Å². The van der Waals surface area contributed by atoms with Crippen molar-refractivity contribution >= 4 is 27.5 Å². The smallest absolute Gasteiger partial charge is 0.334 e. The normalized spacial score (nSPS) is 14.0. The number of hydrogen-bond donors (Lipinski definition) is 3. The van der Waals surface area contributed by atoms with Crippen molar-refractivity contribution in [3.05, 3.63) is 101 Å². The largest absolute Gasteiger partial charge is 0.493 e. The van der Waals surface area contributed by atoms with Crippen LogP contribution in [-0.4, -0.2) is 72.8 Å². The summed E-state index contributed by atoms with van der Waals surface area (Å²) in [6, 6.07) is 23.1. The Morgan fingerprint density at radius 1 is 1.00 bits per heavy atom. The van der Waals surface area contributed by atoms with Crippen molar-refractivity contribution in [2.24, 2.45) is 11.7 Å². The predicted octanol–water partition coefficient (Wildman–Crippen LogP) is 3.44. The van der Waals surface area contributed by atoms with E-state index in [0.717, 1.165) is 0 Å². The van der Waals surface area contributed by atoms with E-state index in [1.165, 1.54) is 9.13 Å². The predicted molar refractivity (Wildman–Crippen MR) is 186 cm³/mol. The Balaban J connectivity index is 1.68. The van der Waals surface area contributed by atoms with Gasteiger partial charge in [-0.2, -0.15) is 0 Å². The van der Waals surface area contributed by atoms with Crippen LogP contribution < -0.4 is 26.2 Å². The van der Waals surface area contributed by atoms with Gasteiger partial charge in [-0.1, -0.05) is 68.4 Å². The van der Waals surface area contributed by atoms with Crippen LogP contribution in [0.5, 0.6) is 5.75 Å². The van der Waals surface area contributed by atoms with Gasteiger partial charge in [-0.15, -0.1) is 0 Å². The summed E-state index contributed by atoms with van der Waals surface area (Å²) in [5.74, 6) is -0.336. The Morgan fingerprint density at radius 3 is 2.42 bits per heavy atom. The molecule has 1 atom stereocenters. The van der Waals surface area contributed by atoms with E-state index in [9.17, 15) is 22.8 Å². The van der Waals surface area contributed by atoms with Gasteiger partial charge in [-0.25, -0.2) is 13.2 Å². The number of anilines is 1. The van der Waals surface area contributed by atoms with Crippen molar-refractivity contribution < 1.29 is 22.7 Å². The van der Waals surface area contributed by atoms with Crippen molar-refractivity contribution in [1.82, 2.24) is 19.4 Å². The Hall–Kier alpha value is -4.88. The van der Waals surface area contributed by atoms with Crippen LogP contribution in [0.1, 0.15) is 42.7 Å².